The van der Waals surface area contributed by atoms with Gasteiger partial charge in [0.15, 0.2) is 0 Å². The lowest BCUT2D eigenvalue weighted by molar-refractivity contribution is 0.277. The van der Waals surface area contributed by atoms with Gasteiger partial charge >= 0.3 is 0 Å². The molecule has 1 saturated carbocycles. The number of benzene rings is 1. The third-order valence-corrected chi connectivity index (χ3v) is 8.92. The van der Waals surface area contributed by atoms with Crippen molar-refractivity contribution >= 4 is 22.3 Å². The fourth-order valence-corrected chi connectivity index (χ4v) is 6.53. The first-order chi connectivity index (χ1) is 17.9. The Hall–Kier alpha value is -3.47. The van der Waals surface area contributed by atoms with Gasteiger partial charge in [0, 0.05) is 47.9 Å². The minimum atomic E-state index is 0.285. The first-order valence-corrected chi connectivity index (χ1v) is 13.7. The van der Waals surface area contributed by atoms with Crippen molar-refractivity contribution in [3.05, 3.63) is 76.3 Å². The summed E-state index contributed by atoms with van der Waals surface area (Å²) < 4.78 is 6.02. The number of aryl methyl sites for hydroxylation is 4. The molecule has 3 aliphatic rings. The molecule has 188 valence electrons. The largest absolute Gasteiger partial charge is 0.360 e. The molecular formula is C32H34N4O. The molecule has 0 radical (unpaired) electrons. The summed E-state index contributed by atoms with van der Waals surface area (Å²) in [5, 5.41) is 5.90. The molecule has 2 fully saturated rings. The van der Waals surface area contributed by atoms with Gasteiger partial charge in [0.05, 0.1) is 5.52 Å². The summed E-state index contributed by atoms with van der Waals surface area (Å²) in [5.41, 5.74) is 11.2. The number of hydrogen-bond acceptors (Lipinski definition) is 5. The van der Waals surface area contributed by atoms with Gasteiger partial charge in [-0.2, -0.15) is 0 Å². The zero-order valence-electron chi connectivity index (χ0n) is 22.3. The van der Waals surface area contributed by atoms with Gasteiger partial charge in [0.25, 0.3) is 0 Å². The Morgan fingerprint density at radius 3 is 2.27 bits per heavy atom. The molecule has 0 bridgehead atoms. The van der Waals surface area contributed by atoms with Gasteiger partial charge in [-0.1, -0.05) is 23.4 Å². The van der Waals surface area contributed by atoms with Gasteiger partial charge < -0.3 is 9.42 Å². The Morgan fingerprint density at radius 2 is 1.57 bits per heavy atom. The quantitative estimate of drug-likeness (QED) is 0.297. The van der Waals surface area contributed by atoms with Crippen molar-refractivity contribution in [3.8, 4) is 11.3 Å². The van der Waals surface area contributed by atoms with Crippen LogP contribution >= 0.6 is 0 Å². The summed E-state index contributed by atoms with van der Waals surface area (Å²) in [6, 6.07) is 8.84. The summed E-state index contributed by atoms with van der Waals surface area (Å²) in [7, 11) is 0. The van der Waals surface area contributed by atoms with E-state index in [4.69, 9.17) is 9.51 Å². The first-order valence-electron chi connectivity index (χ1n) is 13.7. The Labute approximate surface area is 218 Å². The molecule has 5 heteroatoms. The number of rotatable bonds is 4. The van der Waals surface area contributed by atoms with Crippen molar-refractivity contribution < 1.29 is 4.52 Å². The van der Waals surface area contributed by atoms with Crippen molar-refractivity contribution in [1.29, 1.82) is 0 Å². The lowest BCUT2D eigenvalue weighted by Crippen LogP contribution is -2.42. The van der Waals surface area contributed by atoms with E-state index < -0.39 is 0 Å². The summed E-state index contributed by atoms with van der Waals surface area (Å²) in [6.07, 6.45) is 12.3. The predicted octanol–water partition coefficient (Wildman–Crippen LogP) is 7.47. The zero-order chi connectivity index (χ0) is 25.3. The zero-order valence-corrected chi connectivity index (χ0v) is 22.3. The fourth-order valence-electron chi connectivity index (χ4n) is 6.53. The number of anilines is 1. The topological polar surface area (TPSA) is 55.1 Å². The number of nitrogens with zero attached hydrogens (tertiary/aromatic N) is 4. The molecule has 0 atom stereocenters. The van der Waals surface area contributed by atoms with Gasteiger partial charge in [-0.3, -0.25) is 4.98 Å². The van der Waals surface area contributed by atoms with E-state index in [0.717, 1.165) is 66.3 Å². The van der Waals surface area contributed by atoms with Crippen LogP contribution in [0.4, 0.5) is 5.82 Å². The van der Waals surface area contributed by atoms with Crippen LogP contribution in [-0.2, 0) is 0 Å². The first kappa shape index (κ1) is 22.7. The lowest BCUT2D eigenvalue weighted by Gasteiger charge is -2.46. The summed E-state index contributed by atoms with van der Waals surface area (Å²) in [4.78, 5) is 11.9. The van der Waals surface area contributed by atoms with E-state index >= 15 is 0 Å². The number of hydrogen-bond donors (Lipinski definition) is 0. The Kier molecular flexibility index (Phi) is 5.08. The van der Waals surface area contributed by atoms with E-state index in [0.29, 0.717) is 5.92 Å². The van der Waals surface area contributed by atoms with Crippen LogP contribution in [0.25, 0.3) is 27.7 Å². The molecule has 37 heavy (non-hydrogen) atoms. The smallest absolute Gasteiger partial charge is 0.147 e. The van der Waals surface area contributed by atoms with Gasteiger partial charge in [-0.15, -0.1) is 0 Å². The second-order valence-electron chi connectivity index (χ2n) is 11.7. The third kappa shape index (κ3) is 3.70. The predicted molar refractivity (Wildman–Crippen MR) is 149 cm³/mol. The maximum Gasteiger partial charge on any atom is 0.147 e. The number of fused-ring (bicyclic) bond motifs is 1. The molecule has 5 nitrogen and oxygen atoms in total. The molecule has 0 unspecified atom stereocenters. The SMILES string of the molecule is Cc1cncc(C)c1-c1noc(C2CC2)c1C1=CC2(CCN(c3ccc4c(C)ccc(C)c4n3)CC2)C1. The van der Waals surface area contributed by atoms with Crippen LogP contribution in [0.5, 0.6) is 0 Å². The van der Waals surface area contributed by atoms with Crippen molar-refractivity contribution in [2.45, 2.75) is 65.7 Å². The highest BCUT2D eigenvalue weighted by molar-refractivity contribution is 5.87. The number of pyridine rings is 2. The molecule has 2 aliphatic carbocycles. The highest BCUT2D eigenvalue weighted by atomic mass is 16.5. The van der Waals surface area contributed by atoms with Crippen LogP contribution in [0, 0.1) is 33.1 Å². The van der Waals surface area contributed by atoms with E-state index in [9.17, 15) is 0 Å². The molecule has 1 aromatic carbocycles. The molecule has 0 N–H and O–H groups in total. The van der Waals surface area contributed by atoms with Crippen molar-refractivity contribution in [3.63, 3.8) is 0 Å². The van der Waals surface area contributed by atoms with E-state index in [1.807, 2.05) is 12.4 Å². The summed E-state index contributed by atoms with van der Waals surface area (Å²) >= 11 is 0. The van der Waals surface area contributed by atoms with Crippen LogP contribution in [0.15, 0.2) is 47.3 Å². The maximum absolute atomic E-state index is 6.02. The van der Waals surface area contributed by atoms with Crippen LogP contribution in [0.3, 0.4) is 0 Å². The van der Waals surface area contributed by atoms with E-state index in [-0.39, 0.29) is 5.41 Å². The number of aromatic nitrogens is 3. The van der Waals surface area contributed by atoms with Gasteiger partial charge in [0.2, 0.25) is 0 Å². The van der Waals surface area contributed by atoms with E-state index in [1.165, 1.54) is 46.1 Å². The highest BCUT2D eigenvalue weighted by Crippen LogP contribution is 2.56. The fraction of sp³-hybridized carbons (Fsp3) is 0.406. The minimum Gasteiger partial charge on any atom is -0.360 e. The normalized spacial score (nSPS) is 18.8. The molecule has 3 aromatic heterocycles. The molecule has 1 spiro atoms. The molecule has 0 amide bonds. The molecule has 4 heterocycles. The van der Waals surface area contributed by atoms with Crippen LogP contribution in [-0.4, -0.2) is 28.2 Å². The minimum absolute atomic E-state index is 0.285. The summed E-state index contributed by atoms with van der Waals surface area (Å²) in [6.45, 7) is 10.7. The molecular weight excluding hydrogens is 456 g/mol. The monoisotopic (exact) mass is 490 g/mol. The van der Waals surface area contributed by atoms with Gasteiger partial charge in [0.1, 0.15) is 17.3 Å². The van der Waals surface area contributed by atoms with Crippen molar-refractivity contribution in [2.75, 3.05) is 18.0 Å². The maximum atomic E-state index is 6.02. The molecule has 4 aromatic rings. The Balaban J connectivity index is 1.16. The van der Waals surface area contributed by atoms with Crippen LogP contribution in [0.2, 0.25) is 0 Å². The summed E-state index contributed by atoms with van der Waals surface area (Å²) in [5.74, 6) is 2.75. The Morgan fingerprint density at radius 1 is 0.865 bits per heavy atom. The third-order valence-electron chi connectivity index (χ3n) is 8.92. The van der Waals surface area contributed by atoms with Crippen LogP contribution < -0.4 is 4.90 Å². The van der Waals surface area contributed by atoms with Crippen molar-refractivity contribution in [2.24, 2.45) is 5.41 Å². The average Bonchev–Trinajstić information content (AvgIpc) is 3.64. The van der Waals surface area contributed by atoms with Gasteiger partial charge in [-0.25, -0.2) is 4.98 Å². The lowest BCUT2D eigenvalue weighted by atomic mass is 9.63. The van der Waals surface area contributed by atoms with Crippen LogP contribution in [0.1, 0.15) is 71.6 Å². The second kappa shape index (κ2) is 8.27. The standard InChI is InChI=1S/C32H34N4O/c1-19-5-6-20(2)29-25(19)9-10-26(34-29)36-13-11-32(12-14-36)15-24(16-32)28-30(35-37-31(28)23-7-8-23)27-21(3)17-33-18-22(27)4/h5-6,9-10,15,17-18,23H,7-8,11-14,16H2,1-4H3. The molecule has 1 saturated heterocycles. The van der Waals surface area contributed by atoms with Gasteiger partial charge in [-0.05, 0) is 105 Å². The molecule has 1 aliphatic heterocycles. The Bertz CT molecular complexity index is 1550. The number of piperidine rings is 1. The average molecular weight is 491 g/mol. The highest BCUT2D eigenvalue weighted by Gasteiger charge is 2.44. The van der Waals surface area contributed by atoms with Crippen molar-refractivity contribution in [1.82, 2.24) is 15.1 Å². The second-order valence-corrected chi connectivity index (χ2v) is 11.7. The van der Waals surface area contributed by atoms with E-state index in [1.54, 1.807) is 0 Å². The number of allylic oxidation sites excluding steroid dienone is 2. The molecule has 7 rings (SSSR count). The van der Waals surface area contributed by atoms with E-state index in [2.05, 4.69) is 73.1 Å².